The average molecular weight is 481 g/mol. The van der Waals surface area contributed by atoms with Gasteiger partial charge in [0.1, 0.15) is 17.2 Å². The Morgan fingerprint density at radius 3 is 2.24 bits per heavy atom. The predicted octanol–water partition coefficient (Wildman–Crippen LogP) is 3.27. The lowest BCUT2D eigenvalue weighted by Crippen LogP contribution is -2.37. The molecule has 0 atom stereocenters. The molecule has 0 radical (unpaired) electrons. The van der Waals surface area contributed by atoms with Crippen molar-refractivity contribution in [3.8, 4) is 11.3 Å². The van der Waals surface area contributed by atoms with Crippen LogP contribution in [-0.2, 0) is 9.59 Å². The van der Waals surface area contributed by atoms with Crippen LogP contribution in [0.4, 0.5) is 5.00 Å². The summed E-state index contributed by atoms with van der Waals surface area (Å²) in [5.41, 5.74) is 1.95. The zero-order valence-electron chi connectivity index (χ0n) is 17.7. The molecule has 168 valence electrons. The molecular weight excluding hydrogens is 460 g/mol. The number of benzene rings is 2. The van der Waals surface area contributed by atoms with Gasteiger partial charge in [-0.15, -0.1) is 0 Å². The molecule has 0 saturated heterocycles. The van der Waals surface area contributed by atoms with Crippen LogP contribution in [-0.4, -0.2) is 52.4 Å². The molecule has 1 aliphatic heterocycles. The van der Waals surface area contributed by atoms with E-state index in [1.807, 2.05) is 37.3 Å². The van der Waals surface area contributed by atoms with Crippen LogP contribution in [0.2, 0.25) is 0 Å². The molecule has 0 bridgehead atoms. The summed E-state index contributed by atoms with van der Waals surface area (Å²) in [4.78, 5) is 55.3. The maximum absolute atomic E-state index is 12.8. The van der Waals surface area contributed by atoms with E-state index in [-0.39, 0.29) is 11.7 Å². The van der Waals surface area contributed by atoms with E-state index in [4.69, 9.17) is 0 Å². The largest absolute Gasteiger partial charge is 0.356 e. The molecule has 1 aliphatic rings. The lowest BCUT2D eigenvalue weighted by Gasteiger charge is -2.13. The Labute approximate surface area is 198 Å². The van der Waals surface area contributed by atoms with Gasteiger partial charge in [0.25, 0.3) is 11.8 Å². The second kappa shape index (κ2) is 9.97. The fraction of sp³-hybridized carbons (Fsp3) is 0.174. The summed E-state index contributed by atoms with van der Waals surface area (Å²) >= 11 is 2.52. The number of amides is 4. The van der Waals surface area contributed by atoms with Gasteiger partial charge < -0.3 is 10.6 Å². The van der Waals surface area contributed by atoms with Gasteiger partial charge in [0.05, 0.1) is 16.9 Å². The van der Waals surface area contributed by atoms with Crippen molar-refractivity contribution in [2.45, 2.75) is 11.3 Å². The van der Waals surface area contributed by atoms with E-state index in [0.717, 1.165) is 10.5 Å². The number of imide groups is 1. The number of thioether (sulfide) groups is 1. The Morgan fingerprint density at radius 1 is 0.970 bits per heavy atom. The third kappa shape index (κ3) is 4.96. The van der Waals surface area contributed by atoms with Gasteiger partial charge in [-0.25, -0.2) is 4.98 Å². The predicted molar refractivity (Wildman–Crippen MR) is 127 cm³/mol. The summed E-state index contributed by atoms with van der Waals surface area (Å²) in [6.07, 6.45) is 0. The first-order valence-corrected chi connectivity index (χ1v) is 12.0. The molecule has 2 heterocycles. The molecule has 4 rings (SSSR count). The summed E-state index contributed by atoms with van der Waals surface area (Å²) in [6.45, 7) is 1.99. The Balaban J connectivity index is 1.52. The van der Waals surface area contributed by atoms with E-state index in [9.17, 15) is 19.2 Å². The summed E-state index contributed by atoms with van der Waals surface area (Å²) in [5.74, 6) is -1.38. The number of nitrogens with one attached hydrogen (secondary N) is 2. The van der Waals surface area contributed by atoms with Crippen molar-refractivity contribution >= 4 is 51.7 Å². The van der Waals surface area contributed by atoms with Crippen LogP contribution in [0.15, 0.2) is 58.9 Å². The van der Waals surface area contributed by atoms with Gasteiger partial charge >= 0.3 is 0 Å². The zero-order chi connectivity index (χ0) is 23.4. The maximum atomic E-state index is 12.8. The number of hydrogen-bond acceptors (Lipinski definition) is 7. The number of nitrogens with zero attached hydrogens (tertiary/aromatic N) is 2. The molecule has 33 heavy (non-hydrogen) atoms. The first kappa shape index (κ1) is 22.7. The van der Waals surface area contributed by atoms with Crippen molar-refractivity contribution in [1.82, 2.24) is 15.2 Å². The molecule has 4 amide bonds. The number of fused-ring (bicyclic) bond motifs is 1. The highest BCUT2D eigenvalue weighted by Crippen LogP contribution is 2.37. The minimum atomic E-state index is -0.509. The van der Waals surface area contributed by atoms with Crippen LogP contribution in [0.1, 0.15) is 27.6 Å². The molecule has 3 aromatic rings. The van der Waals surface area contributed by atoms with Crippen molar-refractivity contribution in [3.63, 3.8) is 0 Å². The minimum Gasteiger partial charge on any atom is -0.356 e. The smallest absolute Gasteiger partial charge is 0.262 e. The van der Waals surface area contributed by atoms with Crippen molar-refractivity contribution in [2.24, 2.45) is 0 Å². The number of carbonyl (C=O) groups is 4. The van der Waals surface area contributed by atoms with E-state index in [1.54, 1.807) is 24.3 Å². The Hall–Kier alpha value is -3.50. The Bertz CT molecular complexity index is 1190. The number of anilines is 1. The fourth-order valence-corrected chi connectivity index (χ4v) is 5.22. The average Bonchev–Trinajstić information content (AvgIpc) is 3.33. The van der Waals surface area contributed by atoms with Gasteiger partial charge in [0.15, 0.2) is 4.34 Å². The van der Waals surface area contributed by atoms with Gasteiger partial charge in [0, 0.05) is 12.1 Å². The molecular formula is C23H20N4O4S2. The molecule has 2 N–H and O–H groups in total. The van der Waals surface area contributed by atoms with E-state index >= 15 is 0 Å². The lowest BCUT2D eigenvalue weighted by molar-refractivity contribution is -0.118. The molecule has 0 aliphatic carbocycles. The molecule has 2 aromatic carbocycles. The van der Waals surface area contributed by atoms with E-state index < -0.39 is 24.3 Å². The molecule has 0 unspecified atom stereocenters. The minimum absolute atomic E-state index is 0.102. The summed E-state index contributed by atoms with van der Waals surface area (Å²) in [7, 11) is 0. The number of thiazole rings is 1. The normalized spacial score (nSPS) is 12.6. The summed E-state index contributed by atoms with van der Waals surface area (Å²) in [6, 6.07) is 15.8. The highest BCUT2D eigenvalue weighted by atomic mass is 32.2. The number of aromatic nitrogens is 1. The highest BCUT2D eigenvalue weighted by Gasteiger charge is 2.36. The topological polar surface area (TPSA) is 108 Å². The quantitative estimate of drug-likeness (QED) is 0.378. The van der Waals surface area contributed by atoms with Crippen LogP contribution in [0.25, 0.3) is 11.3 Å². The molecule has 0 fully saturated rings. The van der Waals surface area contributed by atoms with Gasteiger partial charge in [-0.3, -0.25) is 24.1 Å². The van der Waals surface area contributed by atoms with Crippen molar-refractivity contribution in [1.29, 1.82) is 0 Å². The van der Waals surface area contributed by atoms with Crippen LogP contribution in [0, 0.1) is 0 Å². The Kier molecular flexibility index (Phi) is 6.85. The lowest BCUT2D eigenvalue weighted by atomic mass is 10.1. The SMILES string of the molecule is CCNC(=O)CSc1nc(-c2ccccc2)c(NC(=O)CN2C(=O)c3ccccc3C2=O)s1. The van der Waals surface area contributed by atoms with Gasteiger partial charge in [-0.05, 0) is 19.1 Å². The molecule has 8 nitrogen and oxygen atoms in total. The standard InChI is InChI=1S/C23H20N4O4S2/c1-2-24-18(29)13-32-23-26-19(14-8-4-3-5-9-14)20(33-23)25-17(28)12-27-21(30)15-10-6-7-11-16(15)22(27)31/h3-11H,2,12-13H2,1H3,(H,24,29)(H,25,28). The van der Waals surface area contributed by atoms with Crippen LogP contribution in [0.3, 0.4) is 0 Å². The van der Waals surface area contributed by atoms with Crippen molar-refractivity contribution < 1.29 is 19.2 Å². The number of hydrogen-bond donors (Lipinski definition) is 2. The Morgan fingerprint density at radius 2 is 1.61 bits per heavy atom. The van der Waals surface area contributed by atoms with Gasteiger partial charge in [0.2, 0.25) is 11.8 Å². The summed E-state index contributed by atoms with van der Waals surface area (Å²) < 4.78 is 0.621. The highest BCUT2D eigenvalue weighted by molar-refractivity contribution is 8.01. The molecule has 0 spiro atoms. The third-order valence-electron chi connectivity index (χ3n) is 4.79. The monoisotopic (exact) mass is 480 g/mol. The fourth-order valence-electron chi connectivity index (χ4n) is 3.31. The summed E-state index contributed by atoms with van der Waals surface area (Å²) in [5, 5.41) is 6.02. The maximum Gasteiger partial charge on any atom is 0.262 e. The van der Waals surface area contributed by atoms with Crippen molar-refractivity contribution in [3.05, 3.63) is 65.7 Å². The van der Waals surface area contributed by atoms with Gasteiger partial charge in [-0.1, -0.05) is 65.6 Å². The van der Waals surface area contributed by atoms with Gasteiger partial charge in [-0.2, -0.15) is 0 Å². The number of carbonyl (C=O) groups excluding carboxylic acids is 4. The first-order chi connectivity index (χ1) is 16.0. The van der Waals surface area contributed by atoms with E-state index in [0.29, 0.717) is 32.7 Å². The second-order valence-electron chi connectivity index (χ2n) is 7.06. The first-order valence-electron chi connectivity index (χ1n) is 10.2. The molecule has 1 aromatic heterocycles. The molecule has 10 heteroatoms. The second-order valence-corrected chi connectivity index (χ2v) is 9.28. The van der Waals surface area contributed by atoms with E-state index in [1.165, 1.54) is 23.1 Å². The van der Waals surface area contributed by atoms with Crippen LogP contribution in [0.5, 0.6) is 0 Å². The number of rotatable bonds is 8. The molecule has 0 saturated carbocycles. The third-order valence-corrected chi connectivity index (χ3v) is 6.90. The van der Waals surface area contributed by atoms with Crippen LogP contribution < -0.4 is 10.6 Å². The van der Waals surface area contributed by atoms with E-state index in [2.05, 4.69) is 15.6 Å². The van der Waals surface area contributed by atoms with Crippen LogP contribution >= 0.6 is 23.1 Å². The van der Waals surface area contributed by atoms with Crippen molar-refractivity contribution in [2.75, 3.05) is 24.2 Å². The zero-order valence-corrected chi connectivity index (χ0v) is 19.3.